The van der Waals surface area contributed by atoms with Crippen LogP contribution in [0.4, 0.5) is 0 Å². The van der Waals surface area contributed by atoms with Crippen molar-refractivity contribution in [2.75, 3.05) is 19.8 Å². The summed E-state index contributed by atoms with van der Waals surface area (Å²) < 4.78 is 16.1. The van der Waals surface area contributed by atoms with Crippen molar-refractivity contribution in [2.24, 2.45) is 5.73 Å². The molecular formula is C17H25NO4. The fourth-order valence-electron chi connectivity index (χ4n) is 1.62. The Balaban J connectivity index is 2.17. The first-order chi connectivity index (χ1) is 10.6. The molecule has 5 heteroatoms. The third-order valence-electron chi connectivity index (χ3n) is 2.74. The third-order valence-corrected chi connectivity index (χ3v) is 2.74. The topological polar surface area (TPSA) is 70.8 Å². The number of benzene rings is 1. The van der Waals surface area contributed by atoms with Crippen LogP contribution in [-0.2, 0) is 9.53 Å². The third kappa shape index (κ3) is 8.19. The maximum absolute atomic E-state index is 11.2. The second-order valence-electron chi connectivity index (χ2n) is 4.93. The van der Waals surface area contributed by atoms with Crippen LogP contribution < -0.4 is 15.2 Å². The molecule has 0 aromatic heterocycles. The lowest BCUT2D eigenvalue weighted by Gasteiger charge is -2.08. The van der Waals surface area contributed by atoms with E-state index in [0.717, 1.165) is 30.9 Å². The molecule has 0 saturated heterocycles. The van der Waals surface area contributed by atoms with Crippen LogP contribution in [0.1, 0.15) is 33.1 Å². The lowest BCUT2D eigenvalue weighted by atomic mass is 10.3. The van der Waals surface area contributed by atoms with E-state index < -0.39 is 5.97 Å². The van der Waals surface area contributed by atoms with E-state index in [4.69, 9.17) is 19.9 Å². The van der Waals surface area contributed by atoms with E-state index in [1.165, 1.54) is 6.08 Å². The maximum Gasteiger partial charge on any atom is 0.332 e. The van der Waals surface area contributed by atoms with Crippen molar-refractivity contribution in [2.45, 2.75) is 33.1 Å². The average molecular weight is 307 g/mol. The zero-order valence-electron chi connectivity index (χ0n) is 13.3. The van der Waals surface area contributed by atoms with Crippen LogP contribution in [-0.4, -0.2) is 25.8 Å². The number of carbonyl (C=O) groups excluding carboxylic acids is 1. The zero-order chi connectivity index (χ0) is 16.2. The molecule has 0 amide bonds. The van der Waals surface area contributed by atoms with Gasteiger partial charge in [-0.25, -0.2) is 4.79 Å². The van der Waals surface area contributed by atoms with Gasteiger partial charge in [0.15, 0.2) is 0 Å². The summed E-state index contributed by atoms with van der Waals surface area (Å²) in [5, 5.41) is 0. The molecule has 0 aliphatic heterocycles. The molecule has 1 aromatic carbocycles. The molecule has 5 nitrogen and oxygen atoms in total. The van der Waals surface area contributed by atoms with E-state index in [2.05, 4.69) is 6.92 Å². The van der Waals surface area contributed by atoms with Crippen molar-refractivity contribution in [1.82, 2.24) is 0 Å². The van der Waals surface area contributed by atoms with Crippen molar-refractivity contribution in [1.29, 1.82) is 0 Å². The molecule has 122 valence electrons. The van der Waals surface area contributed by atoms with Crippen molar-refractivity contribution in [3.8, 4) is 11.5 Å². The van der Waals surface area contributed by atoms with Gasteiger partial charge < -0.3 is 19.9 Å². The first-order valence-electron chi connectivity index (χ1n) is 7.58. The van der Waals surface area contributed by atoms with Crippen molar-refractivity contribution >= 4 is 5.97 Å². The Morgan fingerprint density at radius 3 is 2.09 bits per heavy atom. The van der Waals surface area contributed by atoms with Gasteiger partial charge in [-0.1, -0.05) is 13.3 Å². The number of allylic oxidation sites excluding steroid dienone is 1. The van der Waals surface area contributed by atoms with Crippen molar-refractivity contribution in [3.05, 3.63) is 36.0 Å². The van der Waals surface area contributed by atoms with Crippen LogP contribution in [0, 0.1) is 0 Å². The zero-order valence-corrected chi connectivity index (χ0v) is 13.3. The van der Waals surface area contributed by atoms with Gasteiger partial charge in [-0.15, -0.1) is 0 Å². The molecule has 22 heavy (non-hydrogen) atoms. The second kappa shape index (κ2) is 10.5. The molecule has 0 heterocycles. The molecule has 0 unspecified atom stereocenters. The molecule has 0 atom stereocenters. The summed E-state index contributed by atoms with van der Waals surface area (Å²) in [5.74, 6) is 1.19. The SMILES string of the molecule is CCCCOc1ccc(OCCCOC(=O)/C=C(/C)N)cc1. The Morgan fingerprint density at radius 2 is 1.59 bits per heavy atom. The minimum absolute atomic E-state index is 0.306. The number of carbonyl (C=O) groups is 1. The van der Waals surface area contributed by atoms with Crippen LogP contribution in [0.2, 0.25) is 0 Å². The Morgan fingerprint density at radius 1 is 1.05 bits per heavy atom. The second-order valence-corrected chi connectivity index (χ2v) is 4.93. The minimum atomic E-state index is -0.423. The molecule has 2 N–H and O–H groups in total. The minimum Gasteiger partial charge on any atom is -0.494 e. The number of ether oxygens (including phenoxy) is 3. The van der Waals surface area contributed by atoms with Gasteiger partial charge in [0.05, 0.1) is 19.8 Å². The van der Waals surface area contributed by atoms with Gasteiger partial charge in [0.25, 0.3) is 0 Å². The van der Waals surface area contributed by atoms with Crippen LogP contribution in [0.25, 0.3) is 0 Å². The fourth-order valence-corrected chi connectivity index (χ4v) is 1.62. The Hall–Kier alpha value is -2.17. The van der Waals surface area contributed by atoms with E-state index in [1.807, 2.05) is 24.3 Å². The smallest absolute Gasteiger partial charge is 0.332 e. The predicted molar refractivity (Wildman–Crippen MR) is 85.9 cm³/mol. The lowest BCUT2D eigenvalue weighted by Crippen LogP contribution is -2.08. The van der Waals surface area contributed by atoms with Crippen molar-refractivity contribution < 1.29 is 19.0 Å². The summed E-state index contributed by atoms with van der Waals surface area (Å²) in [7, 11) is 0. The molecule has 0 saturated carbocycles. The quantitative estimate of drug-likeness (QED) is 0.409. The highest BCUT2D eigenvalue weighted by molar-refractivity contribution is 5.82. The predicted octanol–water partition coefficient (Wildman–Crippen LogP) is 3.04. The highest BCUT2D eigenvalue weighted by Gasteiger charge is 1.99. The maximum atomic E-state index is 11.2. The molecule has 0 fully saturated rings. The van der Waals surface area contributed by atoms with Crippen molar-refractivity contribution in [3.63, 3.8) is 0 Å². The Bertz CT molecular complexity index is 464. The fraction of sp³-hybridized carbons (Fsp3) is 0.471. The molecule has 0 aliphatic carbocycles. The molecular weight excluding hydrogens is 282 g/mol. The summed E-state index contributed by atoms with van der Waals surface area (Å²) >= 11 is 0. The molecule has 1 rings (SSSR count). The number of esters is 1. The van der Waals surface area contributed by atoms with Crippen LogP contribution in [0.3, 0.4) is 0 Å². The first kappa shape index (κ1) is 17.9. The Labute approximate surface area is 132 Å². The molecule has 1 aromatic rings. The molecule has 0 radical (unpaired) electrons. The summed E-state index contributed by atoms with van der Waals surface area (Å²) in [6.07, 6.45) is 4.05. The number of nitrogens with two attached hydrogens (primary N) is 1. The standard InChI is InChI=1S/C17H25NO4/c1-3-4-10-20-15-6-8-16(9-7-15)21-11-5-12-22-17(19)13-14(2)18/h6-9,13H,3-5,10-12,18H2,1-2H3/b14-13-. The van der Waals surface area contributed by atoms with E-state index in [0.29, 0.717) is 25.3 Å². The first-order valence-corrected chi connectivity index (χ1v) is 7.58. The summed E-state index contributed by atoms with van der Waals surface area (Å²) in [4.78, 5) is 11.2. The van der Waals surface area contributed by atoms with Gasteiger partial charge in [0, 0.05) is 18.2 Å². The summed E-state index contributed by atoms with van der Waals surface area (Å²) in [6.45, 7) is 5.29. The van der Waals surface area contributed by atoms with Gasteiger partial charge in [-0.05, 0) is 37.6 Å². The van der Waals surface area contributed by atoms with E-state index in [-0.39, 0.29) is 0 Å². The molecule has 0 aliphatic rings. The highest BCUT2D eigenvalue weighted by atomic mass is 16.5. The Kier molecular flexibility index (Phi) is 8.57. The lowest BCUT2D eigenvalue weighted by molar-refractivity contribution is -0.138. The van der Waals surface area contributed by atoms with E-state index >= 15 is 0 Å². The largest absolute Gasteiger partial charge is 0.494 e. The van der Waals surface area contributed by atoms with Gasteiger partial charge >= 0.3 is 5.97 Å². The van der Waals surface area contributed by atoms with Crippen LogP contribution in [0.5, 0.6) is 11.5 Å². The van der Waals surface area contributed by atoms with Gasteiger partial charge in [-0.3, -0.25) is 0 Å². The summed E-state index contributed by atoms with van der Waals surface area (Å²) in [6, 6.07) is 7.52. The molecule has 0 bridgehead atoms. The number of hydrogen-bond donors (Lipinski definition) is 1. The van der Waals surface area contributed by atoms with E-state index in [1.54, 1.807) is 6.92 Å². The highest BCUT2D eigenvalue weighted by Crippen LogP contribution is 2.17. The van der Waals surface area contributed by atoms with E-state index in [9.17, 15) is 4.79 Å². The van der Waals surface area contributed by atoms with Gasteiger partial charge in [-0.2, -0.15) is 0 Å². The van der Waals surface area contributed by atoms with Gasteiger partial charge in [0.2, 0.25) is 0 Å². The average Bonchev–Trinajstić information content (AvgIpc) is 2.48. The van der Waals surface area contributed by atoms with Crippen LogP contribution in [0.15, 0.2) is 36.0 Å². The van der Waals surface area contributed by atoms with Gasteiger partial charge in [0.1, 0.15) is 11.5 Å². The number of hydrogen-bond acceptors (Lipinski definition) is 5. The molecule has 0 spiro atoms. The summed E-state index contributed by atoms with van der Waals surface area (Å²) in [5.41, 5.74) is 5.81. The number of unbranched alkanes of at least 4 members (excludes halogenated alkanes) is 1. The number of rotatable bonds is 10. The van der Waals surface area contributed by atoms with Crippen LogP contribution >= 0.6 is 0 Å². The monoisotopic (exact) mass is 307 g/mol. The normalized spacial score (nSPS) is 11.1.